The van der Waals surface area contributed by atoms with E-state index in [1.54, 1.807) is 0 Å². The molecule has 6 N–H and O–H groups in total. The summed E-state index contributed by atoms with van der Waals surface area (Å²) >= 11 is 0. The lowest BCUT2D eigenvalue weighted by molar-refractivity contribution is 0.781. The van der Waals surface area contributed by atoms with E-state index < -0.39 is 6.17 Å². The van der Waals surface area contributed by atoms with Crippen molar-refractivity contribution < 1.29 is 0 Å². The van der Waals surface area contributed by atoms with Crippen LogP contribution in [0, 0.1) is 0 Å². The number of anilines is 2. The maximum Gasteiger partial charge on any atom is 0.0790 e. The molecule has 0 bridgehead atoms. The first-order valence-corrected chi connectivity index (χ1v) is 19.5. The molecular weight excluding hydrogens is 681 g/mol. The van der Waals surface area contributed by atoms with Gasteiger partial charge in [0.25, 0.3) is 0 Å². The van der Waals surface area contributed by atoms with Gasteiger partial charge in [0.05, 0.1) is 18.2 Å². The van der Waals surface area contributed by atoms with Crippen molar-refractivity contribution in [2.45, 2.75) is 39.0 Å². The predicted molar refractivity (Wildman–Crippen MR) is 242 cm³/mol. The fourth-order valence-electron chi connectivity index (χ4n) is 7.59. The Bertz CT molecular complexity index is 2640. The molecule has 9 rings (SSSR count). The molecule has 0 saturated carbocycles. The number of nitrogens with two attached hydrogens (primary N) is 2. The molecule has 1 aliphatic rings. The van der Waals surface area contributed by atoms with E-state index in [1.807, 2.05) is 39.0 Å². The largest absolute Gasteiger partial charge is 0.354 e. The molecule has 0 aromatic heterocycles. The van der Waals surface area contributed by atoms with Crippen LogP contribution in [0.4, 0.5) is 11.4 Å². The third kappa shape index (κ3) is 8.05. The lowest BCUT2D eigenvalue weighted by atomic mass is 9.90. The summed E-state index contributed by atoms with van der Waals surface area (Å²) < 4.78 is 0. The van der Waals surface area contributed by atoms with Crippen LogP contribution in [0.15, 0.2) is 183 Å². The maximum absolute atomic E-state index is 6.05. The van der Waals surface area contributed by atoms with Gasteiger partial charge in [0.15, 0.2) is 0 Å². The second-order valence-electron chi connectivity index (χ2n) is 13.8. The highest BCUT2D eigenvalue weighted by atomic mass is 15.1. The van der Waals surface area contributed by atoms with E-state index in [0.29, 0.717) is 12.1 Å². The first-order chi connectivity index (χ1) is 27.5. The Balaban J connectivity index is 0.000000191. The summed E-state index contributed by atoms with van der Waals surface area (Å²) in [6.07, 6.45) is 3.65. The molecule has 2 unspecified atom stereocenters. The Hall–Kier alpha value is -6.30. The van der Waals surface area contributed by atoms with Crippen LogP contribution in [-0.4, -0.2) is 0 Å². The summed E-state index contributed by atoms with van der Waals surface area (Å²) in [5.74, 6) is 0. The van der Waals surface area contributed by atoms with Crippen LogP contribution in [0.1, 0.15) is 72.4 Å². The van der Waals surface area contributed by atoms with Crippen LogP contribution in [0.5, 0.6) is 0 Å². The molecule has 1 saturated heterocycles. The topological polar surface area (TPSA) is 86.0 Å². The number of fused-ring (bicyclic) bond motifs is 3. The van der Waals surface area contributed by atoms with Gasteiger partial charge in [-0.2, -0.15) is 0 Å². The van der Waals surface area contributed by atoms with Crippen molar-refractivity contribution in [2.75, 3.05) is 5.32 Å². The molecule has 278 valence electrons. The van der Waals surface area contributed by atoms with E-state index in [4.69, 9.17) is 11.5 Å². The van der Waals surface area contributed by atoms with Gasteiger partial charge in [-0.3, -0.25) is 5.32 Å². The molecule has 1 aliphatic heterocycles. The Labute approximate surface area is 331 Å². The van der Waals surface area contributed by atoms with Crippen LogP contribution in [0.25, 0.3) is 44.0 Å². The van der Waals surface area contributed by atoms with Crippen molar-refractivity contribution in [2.24, 2.45) is 11.5 Å². The average Bonchev–Trinajstić information content (AvgIpc) is 4.06. The highest BCUT2D eigenvalue weighted by Crippen LogP contribution is 2.43. The van der Waals surface area contributed by atoms with Crippen molar-refractivity contribution >= 4 is 55.3 Å². The first kappa shape index (κ1) is 38.0. The normalized spacial score (nSPS) is 14.6. The third-order valence-corrected chi connectivity index (χ3v) is 10.3. The summed E-state index contributed by atoms with van der Waals surface area (Å²) in [5, 5.41) is 14.4. The van der Waals surface area contributed by atoms with Crippen LogP contribution in [-0.2, 0) is 0 Å². The summed E-state index contributed by atoms with van der Waals surface area (Å²) in [7, 11) is 0. The molecule has 0 spiro atoms. The second-order valence-corrected chi connectivity index (χ2v) is 13.8. The van der Waals surface area contributed by atoms with E-state index in [2.05, 4.69) is 181 Å². The minimum absolute atomic E-state index is 0.465. The fraction of sp³-hybridized carbons (Fsp3) is 0.115. The van der Waals surface area contributed by atoms with Gasteiger partial charge in [-0.25, -0.2) is 0 Å². The van der Waals surface area contributed by atoms with Crippen molar-refractivity contribution in [1.82, 2.24) is 5.32 Å². The third-order valence-electron chi connectivity index (χ3n) is 10.3. The number of benzene rings is 8. The maximum atomic E-state index is 6.05. The summed E-state index contributed by atoms with van der Waals surface area (Å²) in [6.45, 7) is 10.6. The highest BCUT2D eigenvalue weighted by molar-refractivity contribution is 6.05. The second kappa shape index (κ2) is 17.4. The quantitative estimate of drug-likeness (QED) is 0.0926. The molecule has 8 aromatic carbocycles. The standard InChI is InChI=1S/C32H29N3.C18H15N.C2H6/c1-3-10-22-11-4-6-13-24(22)21(2)31-25-14-7-5-12-23(25)19-20-30(31)35-29-18-9-15-26-27(29)16-8-17-28(26)32(33)34;1-2-7-14(8-3-1)17-18(19-17)16-11-10-13-6-4-5-9-15(13)12-16;1-2/h3-20,32,35H,2,33-34H2,1H3;1-12,17-19H;1-2H3/b10-3-;;. The molecule has 8 aromatic rings. The number of allylic oxidation sites excluding steroid dienone is 1. The lowest BCUT2D eigenvalue weighted by Crippen LogP contribution is -2.20. The Morgan fingerprint density at radius 3 is 2.00 bits per heavy atom. The molecule has 4 heteroatoms. The van der Waals surface area contributed by atoms with E-state index in [-0.39, 0.29) is 0 Å². The van der Waals surface area contributed by atoms with Gasteiger partial charge in [0, 0.05) is 22.3 Å². The van der Waals surface area contributed by atoms with Gasteiger partial charge in [0.1, 0.15) is 0 Å². The van der Waals surface area contributed by atoms with Crippen LogP contribution in [0.2, 0.25) is 0 Å². The smallest absolute Gasteiger partial charge is 0.0790 e. The van der Waals surface area contributed by atoms with Crippen LogP contribution < -0.4 is 22.1 Å². The van der Waals surface area contributed by atoms with Crippen molar-refractivity contribution in [1.29, 1.82) is 0 Å². The Morgan fingerprint density at radius 1 is 0.589 bits per heavy atom. The van der Waals surface area contributed by atoms with Gasteiger partial charge in [-0.15, -0.1) is 0 Å². The van der Waals surface area contributed by atoms with E-state index >= 15 is 0 Å². The van der Waals surface area contributed by atoms with Gasteiger partial charge in [-0.05, 0) is 85.4 Å². The van der Waals surface area contributed by atoms with Gasteiger partial charge in [-0.1, -0.05) is 184 Å². The molecular formula is C52H50N4. The fourth-order valence-corrected chi connectivity index (χ4v) is 7.59. The molecule has 1 fully saturated rings. The van der Waals surface area contributed by atoms with E-state index in [9.17, 15) is 0 Å². The summed E-state index contributed by atoms with van der Waals surface area (Å²) in [5.41, 5.74) is 22.1. The van der Waals surface area contributed by atoms with E-state index in [1.165, 1.54) is 27.3 Å². The zero-order chi connectivity index (χ0) is 39.0. The molecule has 0 radical (unpaired) electrons. The molecule has 1 heterocycles. The minimum atomic E-state index is -0.534. The number of nitrogens with one attached hydrogen (secondary N) is 2. The molecule has 0 aliphatic carbocycles. The van der Waals surface area contributed by atoms with Crippen LogP contribution in [0.3, 0.4) is 0 Å². The SMILES string of the molecule is C=C(c1ccccc1/C=C\C)c1c(Nc2cccc3c(C(N)N)cccc23)ccc2ccccc12.CC.c1ccc(C2NC2c2ccc3ccccc3c2)cc1. The molecule has 0 amide bonds. The number of rotatable bonds is 8. The van der Waals surface area contributed by atoms with Gasteiger partial charge in [0.2, 0.25) is 0 Å². The average molecular weight is 731 g/mol. The van der Waals surface area contributed by atoms with Gasteiger partial charge < -0.3 is 16.8 Å². The molecule has 4 nitrogen and oxygen atoms in total. The Kier molecular flexibility index (Phi) is 11.8. The summed E-state index contributed by atoms with van der Waals surface area (Å²) in [4.78, 5) is 0. The predicted octanol–water partition coefficient (Wildman–Crippen LogP) is 13.0. The monoisotopic (exact) mass is 730 g/mol. The first-order valence-electron chi connectivity index (χ1n) is 19.5. The van der Waals surface area contributed by atoms with Crippen molar-refractivity contribution in [3.63, 3.8) is 0 Å². The van der Waals surface area contributed by atoms with Crippen LogP contribution >= 0.6 is 0 Å². The Morgan fingerprint density at radius 2 is 1.21 bits per heavy atom. The minimum Gasteiger partial charge on any atom is -0.354 e. The summed E-state index contributed by atoms with van der Waals surface area (Å²) in [6, 6.07) is 60.3. The van der Waals surface area contributed by atoms with E-state index in [0.717, 1.165) is 55.4 Å². The highest BCUT2D eigenvalue weighted by Gasteiger charge is 2.38. The zero-order valence-electron chi connectivity index (χ0n) is 32.4. The van der Waals surface area contributed by atoms with Gasteiger partial charge >= 0.3 is 0 Å². The lowest BCUT2D eigenvalue weighted by Gasteiger charge is -2.20. The van der Waals surface area contributed by atoms with Crippen molar-refractivity contribution in [3.8, 4) is 0 Å². The molecule has 2 atom stereocenters. The molecule has 56 heavy (non-hydrogen) atoms. The number of hydrogen-bond acceptors (Lipinski definition) is 4. The number of hydrogen-bond donors (Lipinski definition) is 4. The van der Waals surface area contributed by atoms with Crippen molar-refractivity contribution in [3.05, 3.63) is 216 Å². The zero-order valence-corrected chi connectivity index (χ0v) is 32.4.